The number of carbonyl (C=O) groups excluding carboxylic acids is 1. The van der Waals surface area contributed by atoms with Crippen molar-refractivity contribution in [2.45, 2.75) is 26.7 Å². The van der Waals surface area contributed by atoms with Crippen molar-refractivity contribution in [3.63, 3.8) is 0 Å². The number of H-pyrrole nitrogens is 1. The first-order valence-electron chi connectivity index (χ1n) is 6.98. The lowest BCUT2D eigenvalue weighted by atomic mass is 9.86. The summed E-state index contributed by atoms with van der Waals surface area (Å²) in [5, 5.41) is 9.78. The van der Waals surface area contributed by atoms with Crippen LogP contribution >= 0.6 is 0 Å². The Labute approximate surface area is 118 Å². The van der Waals surface area contributed by atoms with E-state index in [9.17, 15) is 4.79 Å². The number of carbonyl (C=O) groups is 1. The van der Waals surface area contributed by atoms with E-state index in [4.69, 9.17) is 0 Å². The summed E-state index contributed by atoms with van der Waals surface area (Å²) in [5.74, 6) is 0.629. The fraction of sp³-hybridized carbons (Fsp3) is 0.375. The van der Waals surface area contributed by atoms with Gasteiger partial charge in [-0.15, -0.1) is 0 Å². The van der Waals surface area contributed by atoms with Gasteiger partial charge < -0.3 is 5.32 Å². The number of rotatable bonds is 4. The molecule has 0 bridgehead atoms. The molecule has 20 heavy (non-hydrogen) atoms. The maximum Gasteiger partial charge on any atom is 0.230 e. The molecule has 104 valence electrons. The fourth-order valence-electron chi connectivity index (χ4n) is 2.47. The summed E-state index contributed by atoms with van der Waals surface area (Å²) in [6, 6.07) is 7.85. The van der Waals surface area contributed by atoms with Crippen molar-refractivity contribution in [3.05, 3.63) is 36.7 Å². The third kappa shape index (κ3) is 2.46. The molecule has 1 aliphatic carbocycles. The topological polar surface area (TPSA) is 57.8 Å². The summed E-state index contributed by atoms with van der Waals surface area (Å²) in [5.41, 5.74) is 2.61. The molecule has 0 aliphatic heterocycles. The zero-order valence-corrected chi connectivity index (χ0v) is 11.8. The monoisotopic (exact) mass is 269 g/mol. The quantitative estimate of drug-likeness (QED) is 0.893. The van der Waals surface area contributed by atoms with Crippen LogP contribution in [0.2, 0.25) is 0 Å². The summed E-state index contributed by atoms with van der Waals surface area (Å²) >= 11 is 0. The number of anilines is 1. The van der Waals surface area contributed by atoms with E-state index in [1.807, 2.05) is 44.3 Å². The van der Waals surface area contributed by atoms with Crippen molar-refractivity contribution in [1.29, 1.82) is 0 Å². The van der Waals surface area contributed by atoms with Crippen molar-refractivity contribution in [3.8, 4) is 11.1 Å². The zero-order chi connectivity index (χ0) is 14.2. The van der Waals surface area contributed by atoms with Crippen molar-refractivity contribution >= 4 is 11.6 Å². The second-order valence-electron chi connectivity index (χ2n) is 6.02. The van der Waals surface area contributed by atoms with Crippen LogP contribution in [-0.2, 0) is 4.79 Å². The van der Waals surface area contributed by atoms with E-state index < -0.39 is 0 Å². The number of nitrogens with zero attached hydrogens (tertiary/aromatic N) is 1. The minimum Gasteiger partial charge on any atom is -0.326 e. The molecule has 0 radical (unpaired) electrons. The standard InChI is InChI=1S/C16H19N3O/c1-16(2,13-6-7-13)15(20)19-14-5-3-4-11(8-14)12-9-17-18-10-12/h3-5,8-10,13H,6-7H2,1-2H3,(H,17,18)(H,19,20). The highest BCUT2D eigenvalue weighted by Gasteiger charge is 2.43. The lowest BCUT2D eigenvalue weighted by Gasteiger charge is -2.23. The van der Waals surface area contributed by atoms with Crippen LogP contribution in [0.15, 0.2) is 36.7 Å². The second kappa shape index (κ2) is 4.78. The molecule has 0 unspecified atom stereocenters. The largest absolute Gasteiger partial charge is 0.326 e. The highest BCUT2D eigenvalue weighted by atomic mass is 16.2. The van der Waals surface area contributed by atoms with Crippen LogP contribution in [0, 0.1) is 11.3 Å². The number of hydrogen-bond donors (Lipinski definition) is 2. The van der Waals surface area contributed by atoms with Gasteiger partial charge in [-0.1, -0.05) is 26.0 Å². The van der Waals surface area contributed by atoms with Crippen LogP contribution in [0.1, 0.15) is 26.7 Å². The van der Waals surface area contributed by atoms with E-state index in [2.05, 4.69) is 15.5 Å². The number of benzene rings is 1. The Balaban J connectivity index is 1.78. The Morgan fingerprint density at radius 2 is 2.15 bits per heavy atom. The van der Waals surface area contributed by atoms with Gasteiger partial charge in [0.05, 0.1) is 6.20 Å². The van der Waals surface area contributed by atoms with Gasteiger partial charge in [-0.3, -0.25) is 9.89 Å². The number of aromatic nitrogens is 2. The first kappa shape index (κ1) is 12.9. The van der Waals surface area contributed by atoms with Crippen LogP contribution in [0.3, 0.4) is 0 Å². The molecule has 1 aromatic heterocycles. The molecule has 1 saturated carbocycles. The van der Waals surface area contributed by atoms with Crippen molar-refractivity contribution in [1.82, 2.24) is 10.2 Å². The molecular weight excluding hydrogens is 250 g/mol. The molecule has 1 heterocycles. The molecule has 0 spiro atoms. The van der Waals surface area contributed by atoms with Crippen molar-refractivity contribution in [2.75, 3.05) is 5.32 Å². The van der Waals surface area contributed by atoms with Gasteiger partial charge in [0, 0.05) is 22.9 Å². The third-order valence-electron chi connectivity index (χ3n) is 4.14. The predicted molar refractivity (Wildman–Crippen MR) is 79.2 cm³/mol. The Bertz CT molecular complexity index is 612. The summed E-state index contributed by atoms with van der Waals surface area (Å²) in [4.78, 5) is 12.4. The molecular formula is C16H19N3O. The lowest BCUT2D eigenvalue weighted by molar-refractivity contribution is -0.124. The van der Waals surface area contributed by atoms with Crippen LogP contribution in [0.5, 0.6) is 0 Å². The minimum atomic E-state index is -0.286. The Morgan fingerprint density at radius 1 is 1.35 bits per heavy atom. The smallest absolute Gasteiger partial charge is 0.230 e. The van der Waals surface area contributed by atoms with Crippen LogP contribution < -0.4 is 5.32 Å². The second-order valence-corrected chi connectivity index (χ2v) is 6.02. The highest BCUT2D eigenvalue weighted by Crippen LogP contribution is 2.45. The van der Waals surface area contributed by atoms with Crippen LogP contribution in [-0.4, -0.2) is 16.1 Å². The average Bonchev–Trinajstić information content (AvgIpc) is 3.15. The van der Waals surface area contributed by atoms with E-state index in [0.717, 1.165) is 29.7 Å². The molecule has 1 aliphatic rings. The average molecular weight is 269 g/mol. The van der Waals surface area contributed by atoms with E-state index in [0.29, 0.717) is 5.92 Å². The normalized spacial score (nSPS) is 15.1. The molecule has 0 atom stereocenters. The van der Waals surface area contributed by atoms with Gasteiger partial charge in [0.1, 0.15) is 0 Å². The van der Waals surface area contributed by atoms with Crippen molar-refractivity contribution < 1.29 is 4.79 Å². The van der Waals surface area contributed by atoms with E-state index >= 15 is 0 Å². The maximum absolute atomic E-state index is 12.4. The molecule has 3 rings (SSSR count). The number of nitrogens with one attached hydrogen (secondary N) is 2. The fourth-order valence-corrected chi connectivity index (χ4v) is 2.47. The number of aromatic amines is 1. The highest BCUT2D eigenvalue weighted by molar-refractivity contribution is 5.95. The van der Waals surface area contributed by atoms with Gasteiger partial charge in [0.2, 0.25) is 5.91 Å². The van der Waals surface area contributed by atoms with Crippen LogP contribution in [0.4, 0.5) is 5.69 Å². The maximum atomic E-state index is 12.4. The molecule has 2 aromatic rings. The van der Waals surface area contributed by atoms with Gasteiger partial charge in [0.15, 0.2) is 0 Å². The van der Waals surface area contributed by atoms with Gasteiger partial charge in [-0.2, -0.15) is 5.10 Å². The van der Waals surface area contributed by atoms with E-state index in [-0.39, 0.29) is 11.3 Å². The summed E-state index contributed by atoms with van der Waals surface area (Å²) in [6.45, 7) is 4.06. The molecule has 2 N–H and O–H groups in total. The van der Waals surface area contributed by atoms with Gasteiger partial charge >= 0.3 is 0 Å². The Morgan fingerprint density at radius 3 is 2.80 bits per heavy atom. The first-order valence-corrected chi connectivity index (χ1v) is 6.98. The number of hydrogen-bond acceptors (Lipinski definition) is 2. The van der Waals surface area contributed by atoms with Crippen molar-refractivity contribution in [2.24, 2.45) is 11.3 Å². The zero-order valence-electron chi connectivity index (χ0n) is 11.8. The molecule has 4 nitrogen and oxygen atoms in total. The minimum absolute atomic E-state index is 0.101. The molecule has 4 heteroatoms. The first-order chi connectivity index (χ1) is 9.57. The molecule has 1 fully saturated rings. The van der Waals surface area contributed by atoms with Crippen LogP contribution in [0.25, 0.3) is 11.1 Å². The Kier molecular flexibility index (Phi) is 3.08. The third-order valence-corrected chi connectivity index (χ3v) is 4.14. The number of amides is 1. The Hall–Kier alpha value is -2.10. The van der Waals surface area contributed by atoms with Gasteiger partial charge in [0.25, 0.3) is 0 Å². The summed E-state index contributed by atoms with van der Waals surface area (Å²) in [7, 11) is 0. The van der Waals surface area contributed by atoms with E-state index in [1.54, 1.807) is 6.20 Å². The lowest BCUT2D eigenvalue weighted by Crippen LogP contribution is -2.32. The SMILES string of the molecule is CC(C)(C(=O)Nc1cccc(-c2cn[nH]c2)c1)C1CC1. The predicted octanol–water partition coefficient (Wildman–Crippen LogP) is 3.45. The summed E-state index contributed by atoms with van der Waals surface area (Å²) in [6.07, 6.45) is 5.94. The van der Waals surface area contributed by atoms with E-state index in [1.165, 1.54) is 0 Å². The molecule has 0 saturated heterocycles. The van der Waals surface area contributed by atoms with Gasteiger partial charge in [-0.05, 0) is 36.5 Å². The van der Waals surface area contributed by atoms with Gasteiger partial charge in [-0.25, -0.2) is 0 Å². The molecule has 1 aromatic carbocycles. The summed E-state index contributed by atoms with van der Waals surface area (Å²) < 4.78 is 0. The molecule has 1 amide bonds.